The number of hydrogen-bond acceptors (Lipinski definition) is 7. The topological polar surface area (TPSA) is 89.5 Å². The second kappa shape index (κ2) is 16.8. The summed E-state index contributed by atoms with van der Waals surface area (Å²) < 4.78 is 93.9. The van der Waals surface area contributed by atoms with Crippen molar-refractivity contribution in [3.05, 3.63) is 153 Å². The first kappa shape index (κ1) is 38.9. The van der Waals surface area contributed by atoms with Crippen LogP contribution in [0.4, 0.5) is 22.0 Å². The van der Waals surface area contributed by atoms with Crippen molar-refractivity contribution in [3.8, 4) is 22.6 Å². The van der Waals surface area contributed by atoms with Crippen LogP contribution in [0.3, 0.4) is 0 Å². The second-order valence-corrected chi connectivity index (χ2v) is 13.7. The molecule has 8 nitrogen and oxygen atoms in total. The first-order valence-corrected chi connectivity index (χ1v) is 18.0. The van der Waals surface area contributed by atoms with Gasteiger partial charge in [-0.3, -0.25) is 9.69 Å². The number of carbonyl (C=O) groups is 1. The number of aliphatic hydroxyl groups is 1. The highest BCUT2D eigenvalue weighted by atomic mass is 19.2. The maximum Gasteiger partial charge on any atom is 0.257 e. The molecule has 0 spiro atoms. The number of hydrogen-bond donors (Lipinski definition) is 2. The molecule has 0 bridgehead atoms. The van der Waals surface area contributed by atoms with Crippen molar-refractivity contribution in [1.29, 1.82) is 0 Å². The van der Waals surface area contributed by atoms with Gasteiger partial charge in [0.05, 0.1) is 33.0 Å². The number of carbonyl (C=O) groups excluding carboxylic acids is 1. The summed E-state index contributed by atoms with van der Waals surface area (Å²) >= 11 is 0. The van der Waals surface area contributed by atoms with Crippen LogP contribution in [0.2, 0.25) is 0 Å². The monoisotopic (exact) mass is 774 g/mol. The molecular weight excluding hydrogens is 735 g/mol. The van der Waals surface area contributed by atoms with Gasteiger partial charge in [-0.2, -0.15) is 0 Å². The standard InChI is InChI=1S/C43H39F5N2O6/c1-53-34-17-28-15-16-50(21-30(28)18-35(34)54-2)22-31-19-33(26-9-7-24(23-51)8-10-26)56-43(55-31)27-13-11-25(12-14-27)32-6-4-3-5-29(32)20-49-42(52)36-37(44)39(46)41(48)40(47)38(36)45/h3-14,17-18,31,33,43,51H,15-16,19-23H2,1-2H3,(H,49,52)/t31-,33+,43+/m1/s1. The number of rotatable bonds is 11. The fraction of sp³-hybridized carbons (Fsp3) is 0.279. The first-order chi connectivity index (χ1) is 27.1. The first-order valence-electron chi connectivity index (χ1n) is 18.0. The van der Waals surface area contributed by atoms with Crippen molar-refractivity contribution in [1.82, 2.24) is 10.2 Å². The molecule has 2 aliphatic rings. The van der Waals surface area contributed by atoms with Gasteiger partial charge in [-0.25, -0.2) is 22.0 Å². The molecule has 0 aromatic heterocycles. The van der Waals surface area contributed by atoms with E-state index in [0.29, 0.717) is 42.1 Å². The molecule has 0 unspecified atom stereocenters. The third kappa shape index (κ3) is 7.98. The third-order valence-electron chi connectivity index (χ3n) is 10.3. The van der Waals surface area contributed by atoms with Crippen LogP contribution in [-0.2, 0) is 35.6 Å². The van der Waals surface area contributed by atoms with Crippen molar-refractivity contribution < 1.29 is 50.8 Å². The quantitative estimate of drug-likeness (QED) is 0.0797. The van der Waals surface area contributed by atoms with Crippen LogP contribution in [0.1, 0.15) is 62.6 Å². The lowest BCUT2D eigenvalue weighted by molar-refractivity contribution is -0.253. The summed E-state index contributed by atoms with van der Waals surface area (Å²) in [6, 6.07) is 26.1. The van der Waals surface area contributed by atoms with Crippen LogP contribution >= 0.6 is 0 Å². The van der Waals surface area contributed by atoms with Gasteiger partial charge in [0.15, 0.2) is 41.1 Å². The van der Waals surface area contributed by atoms with Gasteiger partial charge >= 0.3 is 0 Å². The molecule has 1 amide bonds. The summed E-state index contributed by atoms with van der Waals surface area (Å²) in [6.45, 7) is 1.87. The Hall–Kier alpha value is -5.34. The predicted octanol–water partition coefficient (Wildman–Crippen LogP) is 8.09. The molecule has 2 heterocycles. The minimum atomic E-state index is -2.34. The van der Waals surface area contributed by atoms with Crippen molar-refractivity contribution in [2.24, 2.45) is 0 Å². The highest BCUT2D eigenvalue weighted by Gasteiger charge is 2.34. The number of amides is 1. The number of nitrogens with zero attached hydrogens (tertiary/aromatic N) is 1. The third-order valence-corrected chi connectivity index (χ3v) is 10.3. The summed E-state index contributed by atoms with van der Waals surface area (Å²) in [5.41, 5.74) is 5.28. The molecule has 2 N–H and O–H groups in total. The fourth-order valence-electron chi connectivity index (χ4n) is 7.26. The van der Waals surface area contributed by atoms with E-state index in [1.807, 2.05) is 60.7 Å². The van der Waals surface area contributed by atoms with Gasteiger partial charge in [-0.05, 0) is 57.5 Å². The van der Waals surface area contributed by atoms with Gasteiger partial charge in [-0.15, -0.1) is 0 Å². The number of halogens is 5. The minimum absolute atomic E-state index is 0.0690. The van der Waals surface area contributed by atoms with E-state index in [9.17, 15) is 31.9 Å². The second-order valence-electron chi connectivity index (χ2n) is 13.7. The Bertz CT molecular complexity index is 2190. The van der Waals surface area contributed by atoms with Gasteiger partial charge in [0, 0.05) is 38.2 Å². The molecule has 0 radical (unpaired) electrons. The molecule has 5 aromatic carbocycles. The average molecular weight is 775 g/mol. The van der Waals surface area contributed by atoms with Gasteiger partial charge in [0.2, 0.25) is 5.82 Å². The van der Waals surface area contributed by atoms with Crippen LogP contribution in [0, 0.1) is 29.1 Å². The molecular formula is C43H39F5N2O6. The normalized spacial score (nSPS) is 18.3. The number of fused-ring (bicyclic) bond motifs is 1. The summed E-state index contributed by atoms with van der Waals surface area (Å²) in [4.78, 5) is 15.0. The van der Waals surface area contributed by atoms with Crippen LogP contribution in [0.15, 0.2) is 84.9 Å². The number of methoxy groups -OCH3 is 2. The van der Waals surface area contributed by atoms with E-state index in [0.717, 1.165) is 35.2 Å². The predicted molar refractivity (Wildman–Crippen MR) is 196 cm³/mol. The zero-order valence-corrected chi connectivity index (χ0v) is 30.6. The lowest BCUT2D eigenvalue weighted by Gasteiger charge is -2.39. The van der Waals surface area contributed by atoms with E-state index < -0.39 is 46.8 Å². The van der Waals surface area contributed by atoms with E-state index >= 15 is 0 Å². The molecule has 2 aliphatic heterocycles. The highest BCUT2D eigenvalue weighted by Crippen LogP contribution is 2.40. The van der Waals surface area contributed by atoms with Crippen molar-refractivity contribution in [2.45, 2.75) is 51.0 Å². The van der Waals surface area contributed by atoms with Crippen LogP contribution in [0.5, 0.6) is 11.5 Å². The Labute approximate surface area is 320 Å². The average Bonchev–Trinajstić information content (AvgIpc) is 3.23. The number of nitrogens with one attached hydrogen (secondary N) is 1. The van der Waals surface area contributed by atoms with E-state index in [1.165, 1.54) is 11.1 Å². The van der Waals surface area contributed by atoms with E-state index in [-0.39, 0.29) is 25.4 Å². The van der Waals surface area contributed by atoms with Crippen molar-refractivity contribution >= 4 is 5.91 Å². The van der Waals surface area contributed by atoms with Gasteiger partial charge in [0.1, 0.15) is 5.56 Å². The molecule has 3 atom stereocenters. The molecule has 7 rings (SSSR count). The Kier molecular flexibility index (Phi) is 11.7. The molecule has 1 saturated heterocycles. The molecule has 5 aromatic rings. The lowest BCUT2D eigenvalue weighted by atomic mass is 9.96. The maximum atomic E-state index is 14.3. The zero-order valence-electron chi connectivity index (χ0n) is 30.6. The van der Waals surface area contributed by atoms with Gasteiger partial charge in [-0.1, -0.05) is 72.8 Å². The van der Waals surface area contributed by atoms with Crippen molar-refractivity contribution in [2.75, 3.05) is 27.3 Å². The lowest BCUT2D eigenvalue weighted by Crippen LogP contribution is -2.41. The Morgan fingerprint density at radius 2 is 1.43 bits per heavy atom. The molecule has 13 heteroatoms. The van der Waals surface area contributed by atoms with Crippen LogP contribution < -0.4 is 14.8 Å². The Morgan fingerprint density at radius 3 is 2.09 bits per heavy atom. The summed E-state index contributed by atoms with van der Waals surface area (Å²) in [7, 11) is 3.25. The smallest absolute Gasteiger partial charge is 0.257 e. The van der Waals surface area contributed by atoms with E-state index in [4.69, 9.17) is 18.9 Å². The Morgan fingerprint density at radius 1 is 0.804 bits per heavy atom. The molecule has 56 heavy (non-hydrogen) atoms. The number of ether oxygens (including phenoxy) is 4. The minimum Gasteiger partial charge on any atom is -0.493 e. The molecule has 0 saturated carbocycles. The van der Waals surface area contributed by atoms with Crippen molar-refractivity contribution in [3.63, 3.8) is 0 Å². The highest BCUT2D eigenvalue weighted by molar-refractivity contribution is 5.95. The largest absolute Gasteiger partial charge is 0.493 e. The molecule has 0 aliphatic carbocycles. The van der Waals surface area contributed by atoms with Crippen LogP contribution in [0.25, 0.3) is 11.1 Å². The molecule has 292 valence electrons. The Balaban J connectivity index is 1.09. The van der Waals surface area contributed by atoms with Crippen LogP contribution in [-0.4, -0.2) is 49.3 Å². The summed E-state index contributed by atoms with van der Waals surface area (Å²) in [6.07, 6.45) is 0.238. The number of benzene rings is 5. The van der Waals surface area contributed by atoms with Gasteiger partial charge in [0.25, 0.3) is 5.91 Å². The number of aliphatic hydroxyl groups excluding tert-OH is 1. The maximum absolute atomic E-state index is 14.3. The van der Waals surface area contributed by atoms with E-state index in [2.05, 4.69) is 10.2 Å². The zero-order chi connectivity index (χ0) is 39.5. The van der Waals surface area contributed by atoms with Gasteiger partial charge < -0.3 is 29.4 Å². The summed E-state index contributed by atoms with van der Waals surface area (Å²) in [5, 5.41) is 11.9. The van der Waals surface area contributed by atoms with E-state index in [1.54, 1.807) is 38.5 Å². The molecule has 1 fully saturated rings. The fourth-order valence-corrected chi connectivity index (χ4v) is 7.26. The summed E-state index contributed by atoms with van der Waals surface area (Å²) in [5.74, 6) is -11.2. The SMILES string of the molecule is COc1cc2c(cc1OC)CN(C[C@H]1C[C@@H](c3ccc(CO)cc3)O[C@@H](c3ccc(-c4ccccc4CNC(=O)c4c(F)c(F)c(F)c(F)c4F)cc3)O1)CC2.